The zero-order chi connectivity index (χ0) is 36.6. The number of piperazine rings is 1. The Balaban J connectivity index is 0.918. The van der Waals surface area contributed by atoms with Crippen molar-refractivity contribution in [3.8, 4) is 28.2 Å². The Hall–Kier alpha value is -5.16. The lowest BCUT2D eigenvalue weighted by atomic mass is 10.1. The molecule has 2 aliphatic rings. The average Bonchev–Trinajstić information content (AvgIpc) is 3.87. The Morgan fingerprint density at radius 1 is 0.830 bits per heavy atom. The van der Waals surface area contributed by atoms with Crippen molar-refractivity contribution in [3.05, 3.63) is 136 Å². The molecule has 2 fully saturated rings. The maximum absolute atomic E-state index is 15.7. The summed E-state index contributed by atoms with van der Waals surface area (Å²) in [6.45, 7) is 8.50. The zero-order valence-corrected chi connectivity index (χ0v) is 30.9. The lowest BCUT2D eigenvalue weighted by Gasteiger charge is -2.36. The van der Waals surface area contributed by atoms with Crippen molar-refractivity contribution in [1.29, 1.82) is 0 Å². The van der Waals surface area contributed by atoms with Gasteiger partial charge in [0.25, 0.3) is 0 Å². The number of hydrogen-bond acceptors (Lipinski definition) is 6. The van der Waals surface area contributed by atoms with Gasteiger partial charge in [-0.25, -0.2) is 13.9 Å². The second-order valence-electron chi connectivity index (χ2n) is 13.6. The van der Waals surface area contributed by atoms with Gasteiger partial charge in [-0.15, -0.1) is 5.10 Å². The molecular weight excluding hydrogens is 712 g/mol. The highest BCUT2D eigenvalue weighted by molar-refractivity contribution is 6.42. The van der Waals surface area contributed by atoms with Crippen LogP contribution < -0.4 is 9.80 Å². The molecule has 53 heavy (non-hydrogen) atoms. The zero-order valence-electron chi connectivity index (χ0n) is 29.4. The largest absolute Gasteiger partial charge is 0.442 e. The van der Waals surface area contributed by atoms with Crippen LogP contribution in [0.2, 0.25) is 10.0 Å². The summed E-state index contributed by atoms with van der Waals surface area (Å²) in [5.74, 6) is -0.367. The van der Waals surface area contributed by atoms with E-state index in [0.29, 0.717) is 41.1 Å². The molecule has 2 aliphatic heterocycles. The van der Waals surface area contributed by atoms with E-state index in [1.807, 2.05) is 54.7 Å². The minimum Gasteiger partial charge on any atom is -0.442 e. The summed E-state index contributed by atoms with van der Waals surface area (Å²) in [7, 11) is 0. The second kappa shape index (κ2) is 14.7. The first-order valence-electron chi connectivity index (χ1n) is 17.6. The van der Waals surface area contributed by atoms with Gasteiger partial charge in [-0.05, 0) is 67.4 Å². The van der Waals surface area contributed by atoms with E-state index >= 15 is 4.39 Å². The molecule has 4 heterocycles. The fraction of sp³-hybridized carbons (Fsp3) is 0.244. The molecule has 1 amide bonds. The minimum absolute atomic E-state index is 0.286. The van der Waals surface area contributed by atoms with Gasteiger partial charge >= 0.3 is 6.09 Å². The van der Waals surface area contributed by atoms with Crippen LogP contribution in [-0.2, 0) is 17.8 Å². The summed E-state index contributed by atoms with van der Waals surface area (Å²) < 4.78 is 25.2. The van der Waals surface area contributed by atoms with Crippen molar-refractivity contribution < 1.29 is 13.9 Å². The third kappa shape index (κ3) is 7.27. The van der Waals surface area contributed by atoms with E-state index in [0.717, 1.165) is 53.5 Å². The molecular formula is C41H38Cl2FN7O2. The molecule has 2 aromatic heterocycles. The predicted octanol–water partition coefficient (Wildman–Crippen LogP) is 8.81. The van der Waals surface area contributed by atoms with Crippen LogP contribution in [0.1, 0.15) is 16.8 Å². The van der Waals surface area contributed by atoms with E-state index in [4.69, 9.17) is 27.9 Å². The summed E-state index contributed by atoms with van der Waals surface area (Å²) in [5, 5.41) is 9.48. The first-order valence-corrected chi connectivity index (χ1v) is 18.4. The van der Waals surface area contributed by atoms with E-state index in [-0.39, 0.29) is 12.4 Å². The maximum atomic E-state index is 15.7. The fourth-order valence-corrected chi connectivity index (χ4v) is 7.48. The van der Waals surface area contributed by atoms with Crippen molar-refractivity contribution in [3.63, 3.8) is 0 Å². The number of amides is 1. The van der Waals surface area contributed by atoms with Crippen LogP contribution in [0.15, 0.2) is 103 Å². The topological polar surface area (TPSA) is 71.7 Å². The van der Waals surface area contributed by atoms with Crippen molar-refractivity contribution in [2.75, 3.05) is 42.5 Å². The van der Waals surface area contributed by atoms with E-state index in [1.54, 1.807) is 16.8 Å². The smallest absolute Gasteiger partial charge is 0.414 e. The Kier molecular flexibility index (Phi) is 9.68. The van der Waals surface area contributed by atoms with Crippen molar-refractivity contribution >= 4 is 40.7 Å². The third-order valence-electron chi connectivity index (χ3n) is 10.1. The third-order valence-corrected chi connectivity index (χ3v) is 10.8. The molecule has 0 unspecified atom stereocenters. The number of benzene rings is 4. The first-order chi connectivity index (χ1) is 25.7. The highest BCUT2D eigenvalue weighted by Gasteiger charge is 2.34. The van der Waals surface area contributed by atoms with Gasteiger partial charge in [0.15, 0.2) is 0 Å². The highest BCUT2D eigenvalue weighted by Crippen LogP contribution is 2.34. The molecule has 0 spiro atoms. The molecule has 0 radical (unpaired) electrons. The normalized spacial score (nSPS) is 16.4. The summed E-state index contributed by atoms with van der Waals surface area (Å²) in [4.78, 5) is 18.8. The van der Waals surface area contributed by atoms with Crippen molar-refractivity contribution in [1.82, 2.24) is 24.5 Å². The number of rotatable bonds is 9. The van der Waals surface area contributed by atoms with Crippen LogP contribution in [0.4, 0.5) is 20.6 Å². The van der Waals surface area contributed by atoms with Gasteiger partial charge in [0, 0.05) is 49.7 Å². The van der Waals surface area contributed by atoms with Gasteiger partial charge in [0.05, 0.1) is 46.4 Å². The predicted molar refractivity (Wildman–Crippen MR) is 208 cm³/mol. The summed E-state index contributed by atoms with van der Waals surface area (Å²) in [6.07, 6.45) is 0.881. The van der Waals surface area contributed by atoms with Crippen LogP contribution >= 0.6 is 23.2 Å². The van der Waals surface area contributed by atoms with Crippen LogP contribution in [0.5, 0.6) is 0 Å². The van der Waals surface area contributed by atoms with Gasteiger partial charge < -0.3 is 14.2 Å². The van der Waals surface area contributed by atoms with Crippen molar-refractivity contribution in [2.24, 2.45) is 0 Å². The quantitative estimate of drug-likeness (QED) is 0.147. The van der Waals surface area contributed by atoms with Crippen LogP contribution in [-0.4, -0.2) is 69.4 Å². The summed E-state index contributed by atoms with van der Waals surface area (Å²) in [6, 6.07) is 31.3. The molecule has 2 saturated heterocycles. The SMILES string of the molecule is Cc1ccc(-c2cc(CN3CCN(c4ccc(N5C[C@H](Cn6cc(-c7ccccc7)nn6)OC5=O)cc4F)CC3)c(C)n2-c2ccc(Cl)c(Cl)c2)cc1. The minimum atomic E-state index is -0.506. The molecule has 12 heteroatoms. The lowest BCUT2D eigenvalue weighted by Crippen LogP contribution is -2.46. The molecule has 0 saturated carbocycles. The maximum Gasteiger partial charge on any atom is 0.414 e. The van der Waals surface area contributed by atoms with Gasteiger partial charge in [-0.2, -0.15) is 0 Å². The van der Waals surface area contributed by atoms with Crippen molar-refractivity contribution in [2.45, 2.75) is 33.0 Å². The number of hydrogen-bond donors (Lipinski definition) is 0. The number of aryl methyl sites for hydroxylation is 1. The molecule has 0 N–H and O–H groups in total. The lowest BCUT2D eigenvalue weighted by molar-refractivity contribution is 0.129. The number of cyclic esters (lactones) is 1. The first kappa shape index (κ1) is 34.9. The van der Waals surface area contributed by atoms with E-state index < -0.39 is 12.2 Å². The summed E-state index contributed by atoms with van der Waals surface area (Å²) >= 11 is 12.7. The molecule has 4 aromatic carbocycles. The number of carbonyl (C=O) groups excluding carboxylic acids is 1. The van der Waals surface area contributed by atoms with Crippen LogP contribution in [0.25, 0.3) is 28.2 Å². The molecule has 0 aliphatic carbocycles. The average molecular weight is 751 g/mol. The number of halogens is 3. The number of ether oxygens (including phenoxy) is 1. The van der Waals surface area contributed by atoms with Gasteiger partial charge in [0.1, 0.15) is 17.6 Å². The molecule has 1 atom stereocenters. The van der Waals surface area contributed by atoms with Gasteiger partial charge in [-0.3, -0.25) is 9.80 Å². The molecule has 6 aromatic rings. The number of nitrogens with zero attached hydrogens (tertiary/aromatic N) is 7. The second-order valence-corrected chi connectivity index (χ2v) is 14.5. The summed E-state index contributed by atoms with van der Waals surface area (Å²) in [5.41, 5.74) is 9.39. The Bertz CT molecular complexity index is 2270. The number of anilines is 2. The van der Waals surface area contributed by atoms with Gasteiger partial charge in [0.2, 0.25) is 0 Å². The van der Waals surface area contributed by atoms with Crippen LogP contribution in [0, 0.1) is 19.7 Å². The Morgan fingerprint density at radius 3 is 2.32 bits per heavy atom. The van der Waals surface area contributed by atoms with E-state index in [2.05, 4.69) is 68.9 Å². The van der Waals surface area contributed by atoms with Gasteiger partial charge in [-0.1, -0.05) is 88.6 Å². The van der Waals surface area contributed by atoms with E-state index in [1.165, 1.54) is 22.1 Å². The Morgan fingerprint density at radius 2 is 1.58 bits per heavy atom. The van der Waals surface area contributed by atoms with E-state index in [9.17, 15) is 4.79 Å². The number of aromatic nitrogens is 4. The molecule has 9 nitrogen and oxygen atoms in total. The molecule has 0 bridgehead atoms. The highest BCUT2D eigenvalue weighted by atomic mass is 35.5. The standard InChI is InChI=1S/C41H38Cl2FN7O2/c1-27-8-10-30(11-9-27)40-20-31(28(2)51(40)33-12-14-35(42)36(43)21-33)23-47-16-18-48(19-17-47)39-15-13-32(22-37(39)44)50-25-34(53-41(50)52)24-49-26-38(45-46-49)29-6-4-3-5-7-29/h3-15,20-22,26,34H,16-19,23-25H2,1-2H3/t34-/m0/s1. The number of carbonyl (C=O) groups is 1. The fourth-order valence-electron chi connectivity index (χ4n) is 7.18. The van der Waals surface area contributed by atoms with Crippen LogP contribution in [0.3, 0.4) is 0 Å². The molecule has 270 valence electrons. The molecule has 8 rings (SSSR count). The monoisotopic (exact) mass is 749 g/mol. The Labute approximate surface area is 317 Å².